The maximum atomic E-state index is 10.1. The van der Waals surface area contributed by atoms with Crippen molar-refractivity contribution in [2.24, 2.45) is 0 Å². The summed E-state index contributed by atoms with van der Waals surface area (Å²) in [5.74, 6) is 0.420. The SMILES string of the molecule is COc1cc(Cl)cc(CNc2cc(Cl)c(C)cc2Br)c1O. The average molecular weight is 391 g/mol. The number of benzene rings is 2. The molecular formula is C15H14BrCl2NO2. The van der Waals surface area contributed by atoms with Crippen molar-refractivity contribution in [2.45, 2.75) is 13.5 Å². The molecular weight excluding hydrogens is 377 g/mol. The van der Waals surface area contributed by atoms with Gasteiger partial charge in [0.05, 0.1) is 12.8 Å². The molecule has 2 rings (SSSR count). The summed E-state index contributed by atoms with van der Waals surface area (Å²) < 4.78 is 5.99. The molecule has 2 aromatic carbocycles. The van der Waals surface area contributed by atoms with Gasteiger partial charge in [0, 0.05) is 32.7 Å². The molecule has 6 heteroatoms. The molecule has 0 radical (unpaired) electrons. The van der Waals surface area contributed by atoms with Gasteiger partial charge in [0.15, 0.2) is 11.5 Å². The minimum Gasteiger partial charge on any atom is -0.504 e. The monoisotopic (exact) mass is 389 g/mol. The van der Waals surface area contributed by atoms with Crippen LogP contribution in [-0.4, -0.2) is 12.2 Å². The molecule has 0 heterocycles. The topological polar surface area (TPSA) is 41.5 Å². The number of rotatable bonds is 4. The summed E-state index contributed by atoms with van der Waals surface area (Å²) in [5, 5.41) is 14.5. The van der Waals surface area contributed by atoms with Crippen molar-refractivity contribution in [2.75, 3.05) is 12.4 Å². The Morgan fingerprint density at radius 1 is 1.24 bits per heavy atom. The molecule has 0 aliphatic carbocycles. The second kappa shape index (κ2) is 6.77. The number of phenolic OH excluding ortho intramolecular Hbond substituents is 1. The van der Waals surface area contributed by atoms with E-state index in [0.717, 1.165) is 15.7 Å². The smallest absolute Gasteiger partial charge is 0.162 e. The molecule has 0 atom stereocenters. The molecule has 3 nitrogen and oxygen atoms in total. The maximum Gasteiger partial charge on any atom is 0.162 e. The van der Waals surface area contributed by atoms with Crippen LogP contribution in [0.3, 0.4) is 0 Å². The van der Waals surface area contributed by atoms with Crippen LogP contribution in [0, 0.1) is 6.92 Å². The quantitative estimate of drug-likeness (QED) is 0.735. The molecule has 21 heavy (non-hydrogen) atoms. The molecule has 2 aromatic rings. The van der Waals surface area contributed by atoms with Crippen LogP contribution in [-0.2, 0) is 6.54 Å². The van der Waals surface area contributed by atoms with Crippen molar-refractivity contribution >= 4 is 44.8 Å². The maximum absolute atomic E-state index is 10.1. The first kappa shape index (κ1) is 16.3. The van der Waals surface area contributed by atoms with Gasteiger partial charge in [-0.15, -0.1) is 0 Å². The fraction of sp³-hybridized carbons (Fsp3) is 0.200. The summed E-state index contributed by atoms with van der Waals surface area (Å²) in [4.78, 5) is 0. The van der Waals surface area contributed by atoms with Gasteiger partial charge < -0.3 is 15.2 Å². The van der Waals surface area contributed by atoms with E-state index in [4.69, 9.17) is 27.9 Å². The molecule has 0 aromatic heterocycles. The number of ether oxygens (including phenoxy) is 1. The number of nitrogens with one attached hydrogen (secondary N) is 1. The van der Waals surface area contributed by atoms with Crippen LogP contribution in [0.2, 0.25) is 10.0 Å². The largest absolute Gasteiger partial charge is 0.504 e. The molecule has 0 aliphatic rings. The average Bonchev–Trinajstić information content (AvgIpc) is 2.44. The molecule has 0 amide bonds. The number of anilines is 1. The highest BCUT2D eigenvalue weighted by atomic mass is 79.9. The van der Waals surface area contributed by atoms with E-state index in [1.54, 1.807) is 12.1 Å². The first-order valence-corrected chi connectivity index (χ1v) is 7.72. The molecule has 0 bridgehead atoms. The summed E-state index contributed by atoms with van der Waals surface area (Å²) in [6.45, 7) is 2.32. The number of aromatic hydroxyl groups is 1. The van der Waals surface area contributed by atoms with E-state index < -0.39 is 0 Å². The van der Waals surface area contributed by atoms with Gasteiger partial charge in [0.2, 0.25) is 0 Å². The van der Waals surface area contributed by atoms with Crippen LogP contribution in [0.25, 0.3) is 0 Å². The van der Waals surface area contributed by atoms with Gasteiger partial charge in [-0.05, 0) is 46.6 Å². The number of halogens is 3. The number of hydrogen-bond donors (Lipinski definition) is 2. The number of methoxy groups -OCH3 is 1. The highest BCUT2D eigenvalue weighted by molar-refractivity contribution is 9.10. The Kier molecular flexibility index (Phi) is 5.25. The zero-order valence-electron chi connectivity index (χ0n) is 11.5. The van der Waals surface area contributed by atoms with Gasteiger partial charge in [-0.2, -0.15) is 0 Å². The number of hydrogen-bond acceptors (Lipinski definition) is 3. The third kappa shape index (κ3) is 3.76. The predicted octanol–water partition coefficient (Wildman–Crippen LogP) is 5.39. The van der Waals surface area contributed by atoms with Crippen molar-refractivity contribution in [3.05, 3.63) is 49.9 Å². The zero-order valence-corrected chi connectivity index (χ0v) is 14.6. The minimum absolute atomic E-state index is 0.0729. The van der Waals surface area contributed by atoms with Crippen LogP contribution in [0.1, 0.15) is 11.1 Å². The van der Waals surface area contributed by atoms with Crippen molar-refractivity contribution in [1.82, 2.24) is 0 Å². The lowest BCUT2D eigenvalue weighted by Gasteiger charge is -2.13. The van der Waals surface area contributed by atoms with Gasteiger partial charge in [-0.25, -0.2) is 0 Å². The first-order chi connectivity index (χ1) is 9.92. The highest BCUT2D eigenvalue weighted by Gasteiger charge is 2.11. The summed E-state index contributed by atoms with van der Waals surface area (Å²) in [6, 6.07) is 7.03. The molecule has 2 N–H and O–H groups in total. The van der Waals surface area contributed by atoms with Crippen LogP contribution in [0.15, 0.2) is 28.7 Å². The first-order valence-electron chi connectivity index (χ1n) is 6.17. The lowest BCUT2D eigenvalue weighted by Crippen LogP contribution is -2.02. The number of aryl methyl sites for hydroxylation is 1. The highest BCUT2D eigenvalue weighted by Crippen LogP contribution is 2.35. The molecule has 0 fully saturated rings. The second-order valence-electron chi connectivity index (χ2n) is 4.55. The van der Waals surface area contributed by atoms with Gasteiger partial charge in [0.1, 0.15) is 0 Å². The van der Waals surface area contributed by atoms with Crippen molar-refractivity contribution in [1.29, 1.82) is 0 Å². The van der Waals surface area contributed by atoms with Crippen LogP contribution >= 0.6 is 39.1 Å². The Bertz CT molecular complexity index is 677. The van der Waals surface area contributed by atoms with Crippen LogP contribution in [0.5, 0.6) is 11.5 Å². The summed E-state index contributed by atoms with van der Waals surface area (Å²) >= 11 is 15.6. The van der Waals surface area contributed by atoms with Crippen molar-refractivity contribution in [3.8, 4) is 11.5 Å². The van der Waals surface area contributed by atoms with E-state index in [2.05, 4.69) is 21.2 Å². The Balaban J connectivity index is 2.24. The fourth-order valence-electron chi connectivity index (χ4n) is 1.89. The Morgan fingerprint density at radius 2 is 1.95 bits per heavy atom. The van der Waals surface area contributed by atoms with Crippen molar-refractivity contribution < 1.29 is 9.84 Å². The molecule has 0 unspecified atom stereocenters. The van der Waals surface area contributed by atoms with Gasteiger partial charge in [-0.1, -0.05) is 23.2 Å². The molecule has 112 valence electrons. The molecule has 0 saturated heterocycles. The summed E-state index contributed by atoms with van der Waals surface area (Å²) in [5.41, 5.74) is 2.47. The lowest BCUT2D eigenvalue weighted by atomic mass is 10.1. The zero-order chi connectivity index (χ0) is 15.6. The van der Waals surface area contributed by atoms with Crippen LogP contribution in [0.4, 0.5) is 5.69 Å². The van der Waals surface area contributed by atoms with E-state index in [0.29, 0.717) is 27.9 Å². The standard InChI is InChI=1S/C15H14BrCl2NO2/c1-8-3-11(16)13(6-12(8)18)19-7-9-4-10(17)5-14(21-2)15(9)20/h3-6,19-20H,7H2,1-2H3. The van der Waals surface area contributed by atoms with E-state index in [1.807, 2.05) is 19.1 Å². The third-order valence-electron chi connectivity index (χ3n) is 3.06. The minimum atomic E-state index is 0.0729. The fourth-order valence-corrected chi connectivity index (χ4v) is 2.88. The van der Waals surface area contributed by atoms with E-state index in [9.17, 15) is 5.11 Å². The van der Waals surface area contributed by atoms with E-state index in [-0.39, 0.29) is 5.75 Å². The second-order valence-corrected chi connectivity index (χ2v) is 6.25. The summed E-state index contributed by atoms with van der Waals surface area (Å²) in [6.07, 6.45) is 0. The molecule has 0 aliphatic heterocycles. The van der Waals surface area contributed by atoms with Gasteiger partial charge >= 0.3 is 0 Å². The molecule has 0 spiro atoms. The predicted molar refractivity (Wildman–Crippen MR) is 90.9 cm³/mol. The Hall–Kier alpha value is -1.10. The van der Waals surface area contributed by atoms with E-state index >= 15 is 0 Å². The molecule has 0 saturated carbocycles. The van der Waals surface area contributed by atoms with Crippen molar-refractivity contribution in [3.63, 3.8) is 0 Å². The van der Waals surface area contributed by atoms with Crippen LogP contribution < -0.4 is 10.1 Å². The lowest BCUT2D eigenvalue weighted by molar-refractivity contribution is 0.371. The van der Waals surface area contributed by atoms with Gasteiger partial charge in [0.25, 0.3) is 0 Å². The van der Waals surface area contributed by atoms with Gasteiger partial charge in [-0.3, -0.25) is 0 Å². The number of phenols is 1. The Labute approximate surface area is 142 Å². The summed E-state index contributed by atoms with van der Waals surface area (Å²) in [7, 11) is 1.49. The third-order valence-corrected chi connectivity index (χ3v) is 4.34. The Morgan fingerprint density at radius 3 is 2.62 bits per heavy atom. The van der Waals surface area contributed by atoms with E-state index in [1.165, 1.54) is 7.11 Å². The normalized spacial score (nSPS) is 10.5.